The molecule has 0 heterocycles. The third-order valence-corrected chi connectivity index (χ3v) is 3.80. The van der Waals surface area contributed by atoms with E-state index in [2.05, 4.69) is 39.6 Å². The van der Waals surface area contributed by atoms with Gasteiger partial charge in [0.1, 0.15) is 0 Å². The minimum atomic E-state index is 0.536. The van der Waals surface area contributed by atoms with E-state index in [1.165, 1.54) is 6.42 Å². The molecule has 12 heavy (non-hydrogen) atoms. The second-order valence-electron chi connectivity index (χ2n) is 4.26. The normalized spacial score (nSPS) is 39.8. The molecular weight excluding hydrogens is 146 g/mol. The molecule has 1 nitrogen and oxygen atoms in total. The van der Waals surface area contributed by atoms with Crippen LogP contribution >= 0.6 is 0 Å². The smallest absolute Gasteiger partial charge is 0.0349 e. The van der Waals surface area contributed by atoms with E-state index < -0.39 is 0 Å². The fourth-order valence-electron chi connectivity index (χ4n) is 2.92. The van der Waals surface area contributed by atoms with E-state index in [0.717, 1.165) is 11.8 Å². The molecule has 1 rings (SSSR count). The maximum absolute atomic E-state index is 3.72. The van der Waals surface area contributed by atoms with Crippen molar-refractivity contribution < 1.29 is 0 Å². The minimum Gasteiger partial charge on any atom is -0.388 e. The molecule has 0 aromatic carbocycles. The van der Waals surface area contributed by atoms with E-state index in [1.54, 1.807) is 0 Å². The third-order valence-electron chi connectivity index (χ3n) is 3.80. The van der Waals surface area contributed by atoms with Crippen molar-refractivity contribution >= 4 is 0 Å². The maximum atomic E-state index is 3.72. The zero-order valence-corrected chi connectivity index (χ0v) is 8.72. The summed E-state index contributed by atoms with van der Waals surface area (Å²) < 4.78 is 0. The van der Waals surface area contributed by atoms with Gasteiger partial charge in [0.2, 0.25) is 0 Å². The van der Waals surface area contributed by atoms with Crippen LogP contribution in [0.15, 0.2) is 12.8 Å². The minimum absolute atomic E-state index is 0.536. The second-order valence-corrected chi connectivity index (χ2v) is 4.26. The van der Waals surface area contributed by atoms with Gasteiger partial charge in [0.05, 0.1) is 0 Å². The average Bonchev–Trinajstić information content (AvgIpc) is 2.59. The Morgan fingerprint density at radius 2 is 2.17 bits per heavy atom. The summed E-state index contributed by atoms with van der Waals surface area (Å²) in [7, 11) is 0. The molecule has 1 aliphatic rings. The van der Waals surface area contributed by atoms with E-state index in [0.29, 0.717) is 11.5 Å². The Labute approximate surface area is 76.2 Å². The van der Waals surface area contributed by atoms with E-state index in [-0.39, 0.29) is 0 Å². The number of nitrogens with one attached hydrogen (secondary N) is 1. The van der Waals surface area contributed by atoms with Gasteiger partial charge in [-0.2, -0.15) is 0 Å². The Balaban J connectivity index is 2.66. The lowest BCUT2D eigenvalue weighted by atomic mass is 9.87. The fourth-order valence-corrected chi connectivity index (χ4v) is 2.92. The van der Waals surface area contributed by atoms with Crippen molar-refractivity contribution in [2.45, 2.75) is 40.2 Å². The molecule has 1 saturated carbocycles. The quantitative estimate of drug-likeness (QED) is 0.679. The predicted molar refractivity (Wildman–Crippen MR) is 53.8 cm³/mol. The SMILES string of the molecule is C=CNC1C(C)[C@]1(CC)C(C)C. The largest absolute Gasteiger partial charge is 0.388 e. The van der Waals surface area contributed by atoms with Crippen LogP contribution in [0.25, 0.3) is 0 Å². The summed E-state index contributed by atoms with van der Waals surface area (Å²) in [6.07, 6.45) is 3.11. The van der Waals surface area contributed by atoms with Gasteiger partial charge in [-0.25, -0.2) is 0 Å². The lowest BCUT2D eigenvalue weighted by Crippen LogP contribution is -2.21. The highest BCUT2D eigenvalue weighted by Gasteiger charge is 2.61. The van der Waals surface area contributed by atoms with Crippen LogP contribution < -0.4 is 5.32 Å². The number of rotatable bonds is 4. The summed E-state index contributed by atoms with van der Waals surface area (Å²) in [6, 6.07) is 0.667. The van der Waals surface area contributed by atoms with Crippen molar-refractivity contribution in [2.24, 2.45) is 17.3 Å². The van der Waals surface area contributed by atoms with Gasteiger partial charge in [-0.15, -0.1) is 0 Å². The van der Waals surface area contributed by atoms with Gasteiger partial charge < -0.3 is 5.32 Å². The third kappa shape index (κ3) is 1.07. The standard InChI is InChI=1S/C11H21N/c1-6-11(8(3)4)9(5)10(11)12-7-2/h7-10,12H,2,6H2,1,3-5H3/t9?,10?,11-/m0/s1. The zero-order valence-electron chi connectivity index (χ0n) is 8.72. The lowest BCUT2D eigenvalue weighted by molar-refractivity contribution is 0.306. The second kappa shape index (κ2) is 3.12. The van der Waals surface area contributed by atoms with E-state index in [4.69, 9.17) is 0 Å². The molecule has 0 aromatic rings. The molecule has 0 spiro atoms. The molecule has 1 aliphatic carbocycles. The molecule has 1 heteroatoms. The highest BCUT2D eigenvalue weighted by Crippen LogP contribution is 2.59. The summed E-state index contributed by atoms with van der Waals surface area (Å²) in [5, 5.41) is 3.36. The van der Waals surface area contributed by atoms with E-state index >= 15 is 0 Å². The van der Waals surface area contributed by atoms with Gasteiger partial charge in [-0.3, -0.25) is 0 Å². The summed E-state index contributed by atoms with van der Waals surface area (Å²) >= 11 is 0. The Kier molecular flexibility index (Phi) is 2.50. The fraction of sp³-hybridized carbons (Fsp3) is 0.818. The molecule has 3 atom stereocenters. The van der Waals surface area contributed by atoms with Gasteiger partial charge in [-0.05, 0) is 29.9 Å². The molecule has 0 amide bonds. The molecule has 70 valence electrons. The van der Waals surface area contributed by atoms with Crippen molar-refractivity contribution in [2.75, 3.05) is 0 Å². The highest BCUT2D eigenvalue weighted by molar-refractivity contribution is 5.15. The van der Waals surface area contributed by atoms with Gasteiger partial charge in [0, 0.05) is 6.04 Å². The van der Waals surface area contributed by atoms with Crippen molar-refractivity contribution in [3.63, 3.8) is 0 Å². The molecule has 2 unspecified atom stereocenters. The number of hydrogen-bond acceptors (Lipinski definition) is 1. The molecule has 0 bridgehead atoms. The van der Waals surface area contributed by atoms with Crippen LogP contribution in [-0.4, -0.2) is 6.04 Å². The molecule has 0 aromatic heterocycles. The Hall–Kier alpha value is -0.460. The summed E-state index contributed by atoms with van der Waals surface area (Å²) in [5.74, 6) is 1.58. The first-order chi connectivity index (χ1) is 5.61. The van der Waals surface area contributed by atoms with Crippen molar-refractivity contribution in [3.8, 4) is 0 Å². The lowest BCUT2D eigenvalue weighted by Gasteiger charge is -2.20. The topological polar surface area (TPSA) is 12.0 Å². The molecule has 0 saturated heterocycles. The molecular formula is C11H21N. The van der Waals surface area contributed by atoms with Crippen LogP contribution in [0.1, 0.15) is 34.1 Å². The molecule has 1 N–H and O–H groups in total. The van der Waals surface area contributed by atoms with Gasteiger partial charge >= 0.3 is 0 Å². The van der Waals surface area contributed by atoms with Crippen LogP contribution in [0, 0.1) is 17.3 Å². The predicted octanol–water partition coefficient (Wildman–Crippen LogP) is 2.79. The molecule has 1 fully saturated rings. The van der Waals surface area contributed by atoms with Crippen molar-refractivity contribution in [3.05, 3.63) is 12.8 Å². The maximum Gasteiger partial charge on any atom is 0.0349 e. The van der Waals surface area contributed by atoms with Crippen LogP contribution in [0.4, 0.5) is 0 Å². The Bertz CT molecular complexity index is 174. The van der Waals surface area contributed by atoms with Gasteiger partial charge in [-0.1, -0.05) is 34.3 Å². The number of hydrogen-bond donors (Lipinski definition) is 1. The van der Waals surface area contributed by atoms with E-state index in [9.17, 15) is 0 Å². The summed E-state index contributed by atoms with van der Waals surface area (Å²) in [6.45, 7) is 13.0. The first-order valence-electron chi connectivity index (χ1n) is 4.98. The Morgan fingerprint density at radius 1 is 1.58 bits per heavy atom. The molecule has 0 radical (unpaired) electrons. The van der Waals surface area contributed by atoms with Crippen molar-refractivity contribution in [1.29, 1.82) is 0 Å². The van der Waals surface area contributed by atoms with Crippen LogP contribution in [-0.2, 0) is 0 Å². The van der Waals surface area contributed by atoms with Crippen LogP contribution in [0.5, 0.6) is 0 Å². The van der Waals surface area contributed by atoms with Crippen LogP contribution in [0.2, 0.25) is 0 Å². The van der Waals surface area contributed by atoms with Crippen LogP contribution in [0.3, 0.4) is 0 Å². The first kappa shape index (κ1) is 9.63. The highest BCUT2D eigenvalue weighted by atomic mass is 15.0. The Morgan fingerprint density at radius 3 is 2.42 bits per heavy atom. The molecule has 0 aliphatic heterocycles. The first-order valence-corrected chi connectivity index (χ1v) is 4.98. The summed E-state index contributed by atoms with van der Waals surface area (Å²) in [5.41, 5.74) is 0.536. The monoisotopic (exact) mass is 167 g/mol. The van der Waals surface area contributed by atoms with Gasteiger partial charge in [0.15, 0.2) is 0 Å². The van der Waals surface area contributed by atoms with E-state index in [1.807, 2.05) is 6.20 Å². The van der Waals surface area contributed by atoms with Crippen molar-refractivity contribution in [1.82, 2.24) is 5.32 Å². The zero-order chi connectivity index (χ0) is 9.35. The summed E-state index contributed by atoms with van der Waals surface area (Å²) in [4.78, 5) is 0. The van der Waals surface area contributed by atoms with Gasteiger partial charge in [0.25, 0.3) is 0 Å². The average molecular weight is 167 g/mol.